The van der Waals surface area contributed by atoms with E-state index < -0.39 is 11.9 Å². The lowest BCUT2D eigenvalue weighted by molar-refractivity contribution is -0.143. The fraction of sp³-hybridized carbons (Fsp3) is 0.429. The molecule has 2 aliphatic heterocycles. The average molecular weight is 261 g/mol. The second-order valence-electron chi connectivity index (χ2n) is 5.07. The first-order valence-electron chi connectivity index (χ1n) is 6.43. The molecule has 0 aliphatic carbocycles. The van der Waals surface area contributed by atoms with E-state index in [2.05, 4.69) is 0 Å². The Hall–Kier alpha value is -2.04. The molecule has 2 aliphatic rings. The van der Waals surface area contributed by atoms with E-state index in [-0.39, 0.29) is 18.0 Å². The van der Waals surface area contributed by atoms with Crippen molar-refractivity contribution >= 4 is 18.0 Å². The topological polar surface area (TPSA) is 70.8 Å². The van der Waals surface area contributed by atoms with Gasteiger partial charge in [0.2, 0.25) is 5.91 Å². The van der Waals surface area contributed by atoms with E-state index in [4.69, 9.17) is 9.52 Å². The second kappa shape index (κ2) is 4.57. The Bertz CT molecular complexity index is 520. The third-order valence-corrected chi connectivity index (χ3v) is 4.04. The summed E-state index contributed by atoms with van der Waals surface area (Å²) in [5, 5.41) is 9.14. The minimum absolute atomic E-state index is 0.0832. The molecule has 2 fully saturated rings. The van der Waals surface area contributed by atoms with Crippen molar-refractivity contribution in [3.05, 3.63) is 30.2 Å². The zero-order chi connectivity index (χ0) is 13.4. The van der Waals surface area contributed by atoms with Gasteiger partial charge in [0, 0.05) is 18.2 Å². The van der Waals surface area contributed by atoms with Crippen LogP contribution in [0.25, 0.3) is 6.08 Å². The number of rotatable bonds is 3. The summed E-state index contributed by atoms with van der Waals surface area (Å²) >= 11 is 0. The normalized spacial score (nSPS) is 29.3. The standard InChI is InChI=1S/C14H15NO4/c16-13(6-4-10-2-1-7-19-10)15-9-3-5-12(15)11(8-9)14(17)18/h1-2,4,6-7,9,11-12H,3,5,8H2,(H,17,18). The van der Waals surface area contributed by atoms with Crippen LogP contribution in [0.3, 0.4) is 0 Å². The van der Waals surface area contributed by atoms with Gasteiger partial charge in [-0.05, 0) is 37.5 Å². The van der Waals surface area contributed by atoms with Crippen molar-refractivity contribution in [1.82, 2.24) is 4.90 Å². The molecule has 3 unspecified atom stereocenters. The maximum atomic E-state index is 12.2. The van der Waals surface area contributed by atoms with Gasteiger partial charge in [-0.15, -0.1) is 0 Å². The highest BCUT2D eigenvalue weighted by molar-refractivity contribution is 5.93. The van der Waals surface area contributed by atoms with Gasteiger partial charge in [-0.2, -0.15) is 0 Å². The molecule has 1 aromatic heterocycles. The minimum Gasteiger partial charge on any atom is -0.481 e. The van der Waals surface area contributed by atoms with Crippen LogP contribution < -0.4 is 0 Å². The van der Waals surface area contributed by atoms with Gasteiger partial charge in [0.15, 0.2) is 0 Å². The smallest absolute Gasteiger partial charge is 0.308 e. The summed E-state index contributed by atoms with van der Waals surface area (Å²) in [4.78, 5) is 25.0. The summed E-state index contributed by atoms with van der Waals surface area (Å²) in [5.41, 5.74) is 0. The number of carbonyl (C=O) groups is 2. The molecule has 3 atom stereocenters. The zero-order valence-corrected chi connectivity index (χ0v) is 10.4. The number of carboxylic acid groups (broad SMARTS) is 1. The second-order valence-corrected chi connectivity index (χ2v) is 5.07. The number of hydrogen-bond donors (Lipinski definition) is 1. The van der Waals surface area contributed by atoms with Crippen molar-refractivity contribution < 1.29 is 19.1 Å². The Morgan fingerprint density at radius 2 is 2.26 bits per heavy atom. The van der Waals surface area contributed by atoms with E-state index in [1.54, 1.807) is 29.4 Å². The number of hydrogen-bond acceptors (Lipinski definition) is 3. The Labute approximate surface area is 110 Å². The molecule has 3 rings (SSSR count). The highest BCUT2D eigenvalue weighted by Gasteiger charge is 2.50. The summed E-state index contributed by atoms with van der Waals surface area (Å²) in [6.45, 7) is 0. The van der Waals surface area contributed by atoms with E-state index in [0.717, 1.165) is 12.8 Å². The Morgan fingerprint density at radius 1 is 1.42 bits per heavy atom. The van der Waals surface area contributed by atoms with Gasteiger partial charge in [-0.1, -0.05) is 0 Å². The van der Waals surface area contributed by atoms with Crippen molar-refractivity contribution in [3.8, 4) is 0 Å². The van der Waals surface area contributed by atoms with Crippen LogP contribution in [0.15, 0.2) is 28.9 Å². The van der Waals surface area contributed by atoms with Gasteiger partial charge in [0.05, 0.1) is 12.2 Å². The van der Waals surface area contributed by atoms with E-state index >= 15 is 0 Å². The van der Waals surface area contributed by atoms with Crippen LogP contribution in [0.5, 0.6) is 0 Å². The summed E-state index contributed by atoms with van der Waals surface area (Å²) in [6.07, 6.45) is 6.92. The molecule has 5 nitrogen and oxygen atoms in total. The Kier molecular flexibility index (Phi) is 2.89. The molecule has 1 amide bonds. The lowest BCUT2D eigenvalue weighted by atomic mass is 9.89. The molecule has 5 heteroatoms. The van der Waals surface area contributed by atoms with Gasteiger partial charge < -0.3 is 14.4 Å². The van der Waals surface area contributed by atoms with Crippen LogP contribution in [0.1, 0.15) is 25.0 Å². The predicted molar refractivity (Wildman–Crippen MR) is 67.1 cm³/mol. The van der Waals surface area contributed by atoms with Crippen molar-refractivity contribution in [2.45, 2.75) is 31.3 Å². The van der Waals surface area contributed by atoms with Gasteiger partial charge >= 0.3 is 5.97 Å². The quantitative estimate of drug-likeness (QED) is 0.841. The van der Waals surface area contributed by atoms with Crippen LogP contribution >= 0.6 is 0 Å². The van der Waals surface area contributed by atoms with E-state index in [9.17, 15) is 9.59 Å². The molecule has 0 spiro atoms. The summed E-state index contributed by atoms with van der Waals surface area (Å²) < 4.78 is 5.12. The number of aliphatic carboxylic acids is 1. The highest BCUT2D eigenvalue weighted by Crippen LogP contribution is 2.41. The molecule has 0 saturated carbocycles. The molecule has 1 N–H and O–H groups in total. The molecule has 3 heterocycles. The van der Waals surface area contributed by atoms with Crippen LogP contribution in [-0.2, 0) is 9.59 Å². The molecule has 1 aromatic rings. The van der Waals surface area contributed by atoms with E-state index in [0.29, 0.717) is 12.2 Å². The van der Waals surface area contributed by atoms with E-state index in [1.165, 1.54) is 6.08 Å². The molecule has 2 saturated heterocycles. The van der Waals surface area contributed by atoms with Gasteiger partial charge in [0.25, 0.3) is 0 Å². The molecular formula is C14H15NO4. The molecular weight excluding hydrogens is 246 g/mol. The van der Waals surface area contributed by atoms with Gasteiger partial charge in [0.1, 0.15) is 5.76 Å². The number of carbonyl (C=O) groups excluding carboxylic acids is 1. The monoisotopic (exact) mass is 261 g/mol. The number of fused-ring (bicyclic) bond motifs is 2. The third kappa shape index (κ3) is 2.05. The third-order valence-electron chi connectivity index (χ3n) is 4.04. The predicted octanol–water partition coefficient (Wildman–Crippen LogP) is 1.76. The van der Waals surface area contributed by atoms with Crippen LogP contribution in [0, 0.1) is 5.92 Å². The number of amides is 1. The first-order chi connectivity index (χ1) is 9.16. The SMILES string of the molecule is O=C(O)C1CC2CCC1N2C(=O)C=Cc1ccco1. The molecule has 100 valence electrons. The van der Waals surface area contributed by atoms with Gasteiger partial charge in [-0.3, -0.25) is 9.59 Å². The van der Waals surface area contributed by atoms with Crippen molar-refractivity contribution in [2.24, 2.45) is 5.92 Å². The largest absolute Gasteiger partial charge is 0.481 e. The fourth-order valence-corrected chi connectivity index (χ4v) is 3.22. The van der Waals surface area contributed by atoms with Crippen LogP contribution in [0.4, 0.5) is 0 Å². The minimum atomic E-state index is -0.792. The zero-order valence-electron chi connectivity index (χ0n) is 10.4. The molecule has 2 bridgehead atoms. The highest BCUT2D eigenvalue weighted by atomic mass is 16.4. The Balaban J connectivity index is 1.73. The van der Waals surface area contributed by atoms with Crippen molar-refractivity contribution in [3.63, 3.8) is 0 Å². The average Bonchev–Trinajstić information content (AvgIpc) is 3.11. The maximum absolute atomic E-state index is 12.2. The lowest BCUT2D eigenvalue weighted by Crippen LogP contribution is -2.36. The van der Waals surface area contributed by atoms with Crippen molar-refractivity contribution in [2.75, 3.05) is 0 Å². The fourth-order valence-electron chi connectivity index (χ4n) is 3.22. The first kappa shape index (κ1) is 12.0. The molecule has 19 heavy (non-hydrogen) atoms. The number of furan rings is 1. The van der Waals surface area contributed by atoms with Crippen LogP contribution in [0.2, 0.25) is 0 Å². The summed E-state index contributed by atoms with van der Waals surface area (Å²) in [7, 11) is 0. The van der Waals surface area contributed by atoms with Gasteiger partial charge in [-0.25, -0.2) is 0 Å². The van der Waals surface area contributed by atoms with E-state index in [1.807, 2.05) is 0 Å². The lowest BCUT2D eigenvalue weighted by Gasteiger charge is -2.21. The number of nitrogens with zero attached hydrogens (tertiary/aromatic N) is 1. The van der Waals surface area contributed by atoms with Crippen LogP contribution in [-0.4, -0.2) is 34.0 Å². The first-order valence-corrected chi connectivity index (χ1v) is 6.43. The summed E-state index contributed by atoms with van der Waals surface area (Å²) in [6, 6.07) is 3.46. The Morgan fingerprint density at radius 3 is 2.89 bits per heavy atom. The summed E-state index contributed by atoms with van der Waals surface area (Å²) in [5.74, 6) is -0.693. The molecule has 0 radical (unpaired) electrons. The maximum Gasteiger partial charge on any atom is 0.308 e. The molecule has 0 aromatic carbocycles. The number of carboxylic acids is 1. The van der Waals surface area contributed by atoms with Crippen molar-refractivity contribution in [1.29, 1.82) is 0 Å².